The van der Waals surface area contributed by atoms with Crippen molar-refractivity contribution in [2.24, 2.45) is 0 Å². The van der Waals surface area contributed by atoms with Crippen molar-refractivity contribution in [3.63, 3.8) is 0 Å². The van der Waals surface area contributed by atoms with Gasteiger partial charge < -0.3 is 10.1 Å². The average molecular weight is 169 g/mol. The lowest BCUT2D eigenvalue weighted by Crippen LogP contribution is -2.01. The summed E-state index contributed by atoms with van der Waals surface area (Å²) in [6.07, 6.45) is 4.73. The van der Waals surface area contributed by atoms with Crippen LogP contribution in [0.1, 0.15) is 19.8 Å². The Morgan fingerprint density at radius 3 is 3.08 bits per heavy atom. The highest BCUT2D eigenvalue weighted by Crippen LogP contribution is 2.10. The first kappa shape index (κ1) is 8.70. The number of aryl methyl sites for hydroxylation is 1. The van der Waals surface area contributed by atoms with Crippen molar-refractivity contribution >= 4 is 5.82 Å². The van der Waals surface area contributed by atoms with Crippen LogP contribution in [0.15, 0.2) is 12.5 Å². The Morgan fingerprint density at radius 2 is 2.50 bits per heavy atom. The third kappa shape index (κ3) is 1.81. The summed E-state index contributed by atoms with van der Waals surface area (Å²) in [5.41, 5.74) is 0. The third-order valence-corrected chi connectivity index (χ3v) is 1.63. The Morgan fingerprint density at radius 1 is 1.75 bits per heavy atom. The Bertz CT molecular complexity index is 269. The monoisotopic (exact) mass is 169 g/mol. The molecule has 0 unspecified atom stereocenters. The molecule has 0 aromatic carbocycles. The summed E-state index contributed by atoms with van der Waals surface area (Å²) in [5.74, 6) is 0.0726. The van der Waals surface area contributed by atoms with Gasteiger partial charge in [0.2, 0.25) is 0 Å². The number of unbranched alkanes of at least 4 members (excludes halogenated alkanes) is 1. The van der Waals surface area contributed by atoms with Crippen LogP contribution in [0.25, 0.3) is 0 Å². The van der Waals surface area contributed by atoms with E-state index in [4.69, 9.17) is 0 Å². The zero-order valence-electron chi connectivity index (χ0n) is 6.93. The summed E-state index contributed by atoms with van der Waals surface area (Å²) in [6.45, 7) is 2.72. The maximum Gasteiger partial charge on any atom is 0.342 e. The number of imidazole rings is 1. The number of hydrogen-bond donors (Lipinski definition) is 0. The fourth-order valence-corrected chi connectivity index (χ4v) is 0.967. The minimum atomic E-state index is -0.414. The fraction of sp³-hybridized carbons (Fsp3) is 0.571. The minimum absolute atomic E-state index is 0.0726. The zero-order chi connectivity index (χ0) is 8.97. The number of nitro groups is 1. The lowest BCUT2D eigenvalue weighted by atomic mass is 10.3. The van der Waals surface area contributed by atoms with Crippen molar-refractivity contribution in [2.45, 2.75) is 26.3 Å². The molecule has 0 aliphatic carbocycles. The van der Waals surface area contributed by atoms with Gasteiger partial charge in [0.25, 0.3) is 0 Å². The van der Waals surface area contributed by atoms with Crippen LogP contribution in [-0.2, 0) is 6.54 Å². The molecular formula is C7H11N3O2. The van der Waals surface area contributed by atoms with Gasteiger partial charge in [-0.1, -0.05) is 13.3 Å². The van der Waals surface area contributed by atoms with E-state index in [0.717, 1.165) is 12.8 Å². The third-order valence-electron chi connectivity index (χ3n) is 1.63. The van der Waals surface area contributed by atoms with Gasteiger partial charge in [-0.2, -0.15) is 0 Å². The second kappa shape index (κ2) is 3.85. The molecule has 0 spiro atoms. The van der Waals surface area contributed by atoms with Gasteiger partial charge in [-0.25, -0.2) is 9.55 Å². The first-order valence-electron chi connectivity index (χ1n) is 3.90. The zero-order valence-corrected chi connectivity index (χ0v) is 6.93. The molecule has 1 aromatic rings. The van der Waals surface area contributed by atoms with Gasteiger partial charge in [0, 0.05) is 0 Å². The van der Waals surface area contributed by atoms with Crippen LogP contribution in [0.3, 0.4) is 0 Å². The van der Waals surface area contributed by atoms with Gasteiger partial charge >= 0.3 is 5.82 Å². The van der Waals surface area contributed by atoms with E-state index in [1.165, 1.54) is 12.5 Å². The molecule has 5 heteroatoms. The quantitative estimate of drug-likeness (QED) is 0.508. The second-order valence-electron chi connectivity index (χ2n) is 2.56. The SMILES string of the molecule is CCCCn1cncc1[N+](=O)[O-]. The molecule has 1 heterocycles. The summed E-state index contributed by atoms with van der Waals surface area (Å²) < 4.78 is 1.56. The molecule has 66 valence electrons. The van der Waals surface area contributed by atoms with E-state index in [0.29, 0.717) is 6.54 Å². The van der Waals surface area contributed by atoms with E-state index in [-0.39, 0.29) is 5.82 Å². The number of rotatable bonds is 4. The molecule has 0 amide bonds. The predicted molar refractivity (Wildman–Crippen MR) is 43.8 cm³/mol. The topological polar surface area (TPSA) is 61.0 Å². The van der Waals surface area contributed by atoms with Crippen LogP contribution in [0.2, 0.25) is 0 Å². The van der Waals surface area contributed by atoms with Gasteiger partial charge in [-0.15, -0.1) is 0 Å². The molecule has 1 rings (SSSR count). The van der Waals surface area contributed by atoms with E-state index < -0.39 is 4.92 Å². The molecule has 0 saturated heterocycles. The molecular weight excluding hydrogens is 158 g/mol. The first-order valence-corrected chi connectivity index (χ1v) is 3.90. The lowest BCUT2D eigenvalue weighted by Gasteiger charge is -1.97. The van der Waals surface area contributed by atoms with Gasteiger partial charge in [-0.05, 0) is 11.3 Å². The summed E-state index contributed by atoms with van der Waals surface area (Å²) in [6, 6.07) is 0. The van der Waals surface area contributed by atoms with Crippen molar-refractivity contribution in [3.05, 3.63) is 22.6 Å². The Balaban J connectivity index is 2.70. The molecule has 0 atom stereocenters. The van der Waals surface area contributed by atoms with Gasteiger partial charge in [0.05, 0.1) is 6.54 Å². The molecule has 0 fully saturated rings. The van der Waals surface area contributed by atoms with E-state index in [9.17, 15) is 10.1 Å². The molecule has 12 heavy (non-hydrogen) atoms. The molecule has 0 saturated carbocycles. The second-order valence-corrected chi connectivity index (χ2v) is 2.56. The highest BCUT2D eigenvalue weighted by molar-refractivity contribution is 5.14. The van der Waals surface area contributed by atoms with E-state index in [1.54, 1.807) is 4.57 Å². The normalized spacial score (nSPS) is 10.1. The maximum absolute atomic E-state index is 10.4. The smallest absolute Gasteiger partial charge is 0.342 e. The van der Waals surface area contributed by atoms with Crippen molar-refractivity contribution in [3.8, 4) is 0 Å². The molecule has 0 aliphatic heterocycles. The highest BCUT2D eigenvalue weighted by Gasteiger charge is 2.10. The van der Waals surface area contributed by atoms with Crippen LogP contribution < -0.4 is 0 Å². The van der Waals surface area contributed by atoms with E-state index in [2.05, 4.69) is 4.98 Å². The van der Waals surface area contributed by atoms with Crippen LogP contribution in [0, 0.1) is 10.1 Å². The molecule has 0 radical (unpaired) electrons. The summed E-state index contributed by atoms with van der Waals surface area (Å²) >= 11 is 0. The number of aromatic nitrogens is 2. The van der Waals surface area contributed by atoms with Crippen LogP contribution in [0.5, 0.6) is 0 Å². The van der Waals surface area contributed by atoms with Crippen molar-refractivity contribution in [1.82, 2.24) is 9.55 Å². The van der Waals surface area contributed by atoms with E-state index >= 15 is 0 Å². The fourth-order valence-electron chi connectivity index (χ4n) is 0.967. The number of nitrogens with zero attached hydrogens (tertiary/aromatic N) is 3. The van der Waals surface area contributed by atoms with Gasteiger partial charge in [0.1, 0.15) is 6.20 Å². The molecule has 0 bridgehead atoms. The molecule has 1 aromatic heterocycles. The molecule has 0 aliphatic rings. The maximum atomic E-state index is 10.4. The van der Waals surface area contributed by atoms with Crippen LogP contribution >= 0.6 is 0 Å². The van der Waals surface area contributed by atoms with Gasteiger partial charge in [0.15, 0.2) is 6.33 Å². The Kier molecular flexibility index (Phi) is 2.79. The van der Waals surface area contributed by atoms with E-state index in [1.807, 2.05) is 6.92 Å². The van der Waals surface area contributed by atoms with Crippen molar-refractivity contribution in [2.75, 3.05) is 0 Å². The van der Waals surface area contributed by atoms with Crippen molar-refractivity contribution in [1.29, 1.82) is 0 Å². The van der Waals surface area contributed by atoms with Crippen molar-refractivity contribution < 1.29 is 4.92 Å². The largest absolute Gasteiger partial charge is 0.358 e. The van der Waals surface area contributed by atoms with Crippen LogP contribution in [-0.4, -0.2) is 14.5 Å². The minimum Gasteiger partial charge on any atom is -0.358 e. The standard InChI is InChI=1S/C7H11N3O2/c1-2-3-4-9-6-8-5-7(9)10(11)12/h5-6H,2-4H2,1H3. The lowest BCUT2D eigenvalue weighted by molar-refractivity contribution is -0.392. The summed E-state index contributed by atoms with van der Waals surface area (Å²) in [7, 11) is 0. The summed E-state index contributed by atoms with van der Waals surface area (Å²) in [4.78, 5) is 13.7. The Labute approximate surface area is 70.2 Å². The number of hydrogen-bond acceptors (Lipinski definition) is 3. The van der Waals surface area contributed by atoms with Gasteiger partial charge in [-0.3, -0.25) is 0 Å². The molecule has 5 nitrogen and oxygen atoms in total. The Hall–Kier alpha value is -1.39. The average Bonchev–Trinajstić information content (AvgIpc) is 2.48. The predicted octanol–water partition coefficient (Wildman–Crippen LogP) is 1.59. The molecule has 0 N–H and O–H groups in total. The van der Waals surface area contributed by atoms with Crippen LogP contribution in [0.4, 0.5) is 5.82 Å². The highest BCUT2D eigenvalue weighted by atomic mass is 16.6. The summed E-state index contributed by atoms with van der Waals surface area (Å²) in [5, 5.41) is 10.4. The first-order chi connectivity index (χ1) is 5.75.